The van der Waals surface area contributed by atoms with Gasteiger partial charge < -0.3 is 10.4 Å². The molecule has 1 aliphatic rings. The summed E-state index contributed by atoms with van der Waals surface area (Å²) in [7, 11) is 0. The first-order chi connectivity index (χ1) is 14.4. The average molecular weight is 403 g/mol. The van der Waals surface area contributed by atoms with Crippen molar-refractivity contribution in [3.8, 4) is 11.3 Å². The van der Waals surface area contributed by atoms with Crippen LogP contribution in [-0.2, 0) is 6.54 Å². The van der Waals surface area contributed by atoms with Crippen molar-refractivity contribution in [3.63, 3.8) is 0 Å². The van der Waals surface area contributed by atoms with Crippen LogP contribution in [0.15, 0.2) is 59.4 Å². The summed E-state index contributed by atoms with van der Waals surface area (Å²) in [4.78, 5) is 36.9. The minimum Gasteiger partial charge on any atom is -0.478 e. The van der Waals surface area contributed by atoms with Crippen LogP contribution in [0, 0.1) is 5.92 Å². The third kappa shape index (κ3) is 4.00. The number of nitrogens with one attached hydrogen (secondary N) is 1. The van der Waals surface area contributed by atoms with E-state index in [-0.39, 0.29) is 28.2 Å². The number of carbonyl (C=O) groups is 2. The molecule has 0 aliphatic heterocycles. The SMILES string of the molecule is CC(=O)c1c(-c2ccccc2)nn(CC2CC2)c(=O)c1Nc1ccc(C(=O)O)cc1. The third-order valence-corrected chi connectivity index (χ3v) is 5.08. The molecule has 1 aliphatic carbocycles. The number of anilines is 2. The summed E-state index contributed by atoms with van der Waals surface area (Å²) < 4.78 is 1.43. The second kappa shape index (κ2) is 7.94. The summed E-state index contributed by atoms with van der Waals surface area (Å²) in [6.07, 6.45) is 2.12. The minimum atomic E-state index is -1.03. The lowest BCUT2D eigenvalue weighted by atomic mass is 10.0. The first kappa shape index (κ1) is 19.6. The van der Waals surface area contributed by atoms with Gasteiger partial charge in [-0.05, 0) is 49.9 Å². The summed E-state index contributed by atoms with van der Waals surface area (Å²) in [5, 5.41) is 16.7. The van der Waals surface area contributed by atoms with Gasteiger partial charge in [-0.25, -0.2) is 9.48 Å². The summed E-state index contributed by atoms with van der Waals surface area (Å²) in [5.74, 6) is -0.889. The van der Waals surface area contributed by atoms with Gasteiger partial charge in [0.05, 0.1) is 11.1 Å². The molecule has 2 aromatic carbocycles. The molecule has 4 rings (SSSR count). The molecular formula is C23H21N3O4. The van der Waals surface area contributed by atoms with E-state index < -0.39 is 5.97 Å². The van der Waals surface area contributed by atoms with Crippen molar-refractivity contribution < 1.29 is 14.7 Å². The predicted octanol–water partition coefficient (Wildman–Crippen LogP) is 3.96. The summed E-state index contributed by atoms with van der Waals surface area (Å²) >= 11 is 0. The maximum absolute atomic E-state index is 13.2. The zero-order valence-corrected chi connectivity index (χ0v) is 16.5. The average Bonchev–Trinajstić information content (AvgIpc) is 3.55. The number of rotatable bonds is 7. The van der Waals surface area contributed by atoms with Gasteiger partial charge in [-0.2, -0.15) is 5.10 Å². The number of hydrogen-bond donors (Lipinski definition) is 2. The summed E-state index contributed by atoms with van der Waals surface area (Å²) in [5.41, 5.74) is 1.86. The molecule has 1 fully saturated rings. The number of carboxylic acid groups (broad SMARTS) is 1. The maximum atomic E-state index is 13.2. The smallest absolute Gasteiger partial charge is 0.335 e. The zero-order chi connectivity index (χ0) is 21.3. The number of nitrogens with zero attached hydrogens (tertiary/aromatic N) is 2. The molecular weight excluding hydrogens is 382 g/mol. The largest absolute Gasteiger partial charge is 0.478 e. The zero-order valence-electron chi connectivity index (χ0n) is 16.5. The highest BCUT2D eigenvalue weighted by molar-refractivity contribution is 6.05. The third-order valence-electron chi connectivity index (χ3n) is 5.08. The van der Waals surface area contributed by atoms with Gasteiger partial charge in [-0.1, -0.05) is 30.3 Å². The Morgan fingerprint density at radius 3 is 2.33 bits per heavy atom. The Balaban J connectivity index is 1.87. The van der Waals surface area contributed by atoms with E-state index in [1.54, 1.807) is 12.1 Å². The molecule has 0 radical (unpaired) electrons. The number of aromatic carboxylic acids is 1. The van der Waals surface area contributed by atoms with Crippen molar-refractivity contribution in [2.24, 2.45) is 5.92 Å². The van der Waals surface area contributed by atoms with E-state index >= 15 is 0 Å². The molecule has 3 aromatic rings. The van der Waals surface area contributed by atoms with Gasteiger partial charge in [-0.15, -0.1) is 0 Å². The molecule has 7 heteroatoms. The Bertz CT molecular complexity index is 1160. The van der Waals surface area contributed by atoms with Crippen LogP contribution in [0.5, 0.6) is 0 Å². The summed E-state index contributed by atoms with van der Waals surface area (Å²) in [6.45, 7) is 1.91. The van der Waals surface area contributed by atoms with Crippen molar-refractivity contribution in [3.05, 3.63) is 76.1 Å². The molecule has 1 heterocycles. The highest BCUT2D eigenvalue weighted by Crippen LogP contribution is 2.32. The number of carboxylic acids is 1. The minimum absolute atomic E-state index is 0.137. The van der Waals surface area contributed by atoms with Crippen LogP contribution in [0.1, 0.15) is 40.5 Å². The molecule has 30 heavy (non-hydrogen) atoms. The van der Waals surface area contributed by atoms with E-state index in [0.29, 0.717) is 23.8 Å². The molecule has 0 amide bonds. The second-order valence-corrected chi connectivity index (χ2v) is 7.46. The highest BCUT2D eigenvalue weighted by Gasteiger charge is 2.27. The van der Waals surface area contributed by atoms with Crippen molar-refractivity contribution >= 4 is 23.1 Å². The lowest BCUT2D eigenvalue weighted by molar-refractivity contribution is 0.0696. The van der Waals surface area contributed by atoms with Crippen molar-refractivity contribution in [1.29, 1.82) is 0 Å². The van der Waals surface area contributed by atoms with E-state index in [9.17, 15) is 14.4 Å². The Labute approximate surface area is 173 Å². The van der Waals surface area contributed by atoms with Gasteiger partial charge in [0.1, 0.15) is 11.4 Å². The maximum Gasteiger partial charge on any atom is 0.335 e. The first-order valence-corrected chi connectivity index (χ1v) is 9.76. The van der Waals surface area contributed by atoms with Crippen LogP contribution in [0.25, 0.3) is 11.3 Å². The second-order valence-electron chi connectivity index (χ2n) is 7.46. The number of ketones is 1. The molecule has 152 valence electrons. The molecule has 0 unspecified atom stereocenters. The quantitative estimate of drug-likeness (QED) is 0.579. The summed E-state index contributed by atoms with van der Waals surface area (Å²) in [6, 6.07) is 15.3. The van der Waals surface area contributed by atoms with Crippen molar-refractivity contribution in [2.45, 2.75) is 26.3 Å². The van der Waals surface area contributed by atoms with E-state index in [1.807, 2.05) is 30.3 Å². The normalized spacial score (nSPS) is 13.1. The first-order valence-electron chi connectivity index (χ1n) is 9.76. The number of benzene rings is 2. The molecule has 1 aromatic heterocycles. The van der Waals surface area contributed by atoms with Gasteiger partial charge in [0.15, 0.2) is 5.78 Å². The Morgan fingerprint density at radius 2 is 1.77 bits per heavy atom. The van der Waals surface area contributed by atoms with E-state index in [1.165, 1.54) is 23.7 Å². The van der Waals surface area contributed by atoms with Gasteiger partial charge in [0.25, 0.3) is 5.56 Å². The monoisotopic (exact) mass is 403 g/mol. The fraction of sp³-hybridized carbons (Fsp3) is 0.217. The number of Topliss-reactive ketones (excluding diaryl/α,β-unsaturated/α-hetero) is 1. The number of carbonyl (C=O) groups excluding carboxylic acids is 1. The molecule has 1 saturated carbocycles. The van der Waals surface area contributed by atoms with E-state index in [2.05, 4.69) is 10.4 Å². The Kier molecular flexibility index (Phi) is 5.18. The number of hydrogen-bond acceptors (Lipinski definition) is 5. The van der Waals surface area contributed by atoms with Gasteiger partial charge in [0.2, 0.25) is 0 Å². The molecule has 0 atom stereocenters. The molecule has 0 bridgehead atoms. The van der Waals surface area contributed by atoms with Crippen molar-refractivity contribution in [2.75, 3.05) is 5.32 Å². The lowest BCUT2D eigenvalue weighted by Crippen LogP contribution is -2.29. The molecule has 7 nitrogen and oxygen atoms in total. The fourth-order valence-corrected chi connectivity index (χ4v) is 3.34. The van der Waals surface area contributed by atoms with Gasteiger partial charge in [-0.3, -0.25) is 9.59 Å². The predicted molar refractivity (Wildman–Crippen MR) is 113 cm³/mol. The Hall–Kier alpha value is -3.74. The lowest BCUT2D eigenvalue weighted by Gasteiger charge is -2.17. The van der Waals surface area contributed by atoms with Crippen molar-refractivity contribution in [1.82, 2.24) is 9.78 Å². The molecule has 0 spiro atoms. The topological polar surface area (TPSA) is 101 Å². The Morgan fingerprint density at radius 1 is 1.10 bits per heavy atom. The van der Waals surface area contributed by atoms with E-state index in [0.717, 1.165) is 18.4 Å². The van der Waals surface area contributed by atoms with Gasteiger partial charge in [0, 0.05) is 17.8 Å². The van der Waals surface area contributed by atoms with Crippen LogP contribution in [0.2, 0.25) is 0 Å². The fourth-order valence-electron chi connectivity index (χ4n) is 3.34. The standard InChI is InChI=1S/C23H21N3O4/c1-14(27)19-20(16-5-3-2-4-6-16)25-26(13-15-7-8-15)22(28)21(19)24-18-11-9-17(10-12-18)23(29)30/h2-6,9-12,15,24H,7-8,13H2,1H3,(H,29,30). The van der Waals surface area contributed by atoms with Crippen LogP contribution >= 0.6 is 0 Å². The van der Waals surface area contributed by atoms with Crippen LogP contribution in [0.4, 0.5) is 11.4 Å². The van der Waals surface area contributed by atoms with Gasteiger partial charge >= 0.3 is 5.97 Å². The molecule has 2 N–H and O–H groups in total. The molecule has 0 saturated heterocycles. The highest BCUT2D eigenvalue weighted by atomic mass is 16.4. The van der Waals surface area contributed by atoms with E-state index in [4.69, 9.17) is 5.11 Å². The van der Waals surface area contributed by atoms with Crippen LogP contribution in [-0.4, -0.2) is 26.6 Å². The number of aromatic nitrogens is 2. The van der Waals surface area contributed by atoms with Crippen LogP contribution < -0.4 is 10.9 Å². The van der Waals surface area contributed by atoms with Crippen LogP contribution in [0.3, 0.4) is 0 Å².